The Kier molecular flexibility index (Phi) is 9.73. The topological polar surface area (TPSA) is 75.4 Å². The van der Waals surface area contributed by atoms with Crippen LogP contribution in [0.25, 0.3) is 0 Å². The van der Waals surface area contributed by atoms with Crippen molar-refractivity contribution in [3.05, 3.63) is 71.8 Å². The molecule has 0 bridgehead atoms. The van der Waals surface area contributed by atoms with Crippen LogP contribution in [0.2, 0.25) is 0 Å². The second-order valence-electron chi connectivity index (χ2n) is 8.90. The number of hydrogen-bond donors (Lipinski definition) is 2. The Balaban J connectivity index is 0.00000363. The molecule has 1 aliphatic heterocycles. The van der Waals surface area contributed by atoms with E-state index in [1.807, 2.05) is 48.2 Å². The lowest BCUT2D eigenvalue weighted by molar-refractivity contribution is -0.138. The predicted molar refractivity (Wildman–Crippen MR) is 132 cm³/mol. The van der Waals surface area contributed by atoms with Crippen LogP contribution < -0.4 is 11.1 Å². The van der Waals surface area contributed by atoms with Crippen LogP contribution in [0.1, 0.15) is 56.6 Å². The summed E-state index contributed by atoms with van der Waals surface area (Å²) in [6.07, 6.45) is 3.76. The average molecular weight is 458 g/mol. The Morgan fingerprint density at radius 1 is 1.06 bits per heavy atom. The van der Waals surface area contributed by atoms with Gasteiger partial charge in [-0.25, -0.2) is 0 Å². The van der Waals surface area contributed by atoms with Crippen molar-refractivity contribution in [1.82, 2.24) is 10.2 Å². The van der Waals surface area contributed by atoms with Crippen molar-refractivity contribution in [3.8, 4) is 0 Å². The first-order chi connectivity index (χ1) is 14.9. The van der Waals surface area contributed by atoms with Gasteiger partial charge >= 0.3 is 0 Å². The summed E-state index contributed by atoms with van der Waals surface area (Å²) >= 11 is 0. The van der Waals surface area contributed by atoms with Crippen LogP contribution in [0.15, 0.2) is 60.7 Å². The number of carbonyl (C=O) groups is 2. The lowest BCUT2D eigenvalue weighted by Crippen LogP contribution is -2.59. The number of amides is 2. The number of benzene rings is 2. The van der Waals surface area contributed by atoms with E-state index >= 15 is 0 Å². The van der Waals surface area contributed by atoms with Gasteiger partial charge in [0, 0.05) is 13.1 Å². The standard InChI is InChI=1S/C26H35N3O2.ClH/c1-3-10-23(28-25(31)26(2,27)19-20-11-6-4-7-12-20)24(30)29-17-15-22(16-18-29)21-13-8-5-9-14-21;/h4-9,11-14,22-23H,3,10,15-19,27H2,1-2H3,(H,28,31);1H/t23?,26-;/m1./s1. The molecule has 2 atom stereocenters. The number of halogens is 1. The summed E-state index contributed by atoms with van der Waals surface area (Å²) in [5.41, 5.74) is 7.63. The van der Waals surface area contributed by atoms with Crippen molar-refractivity contribution in [3.63, 3.8) is 0 Å². The molecule has 2 aromatic carbocycles. The monoisotopic (exact) mass is 457 g/mol. The van der Waals surface area contributed by atoms with Gasteiger partial charge < -0.3 is 16.0 Å². The molecule has 3 rings (SSSR count). The zero-order valence-corrected chi connectivity index (χ0v) is 19.9. The molecule has 0 aromatic heterocycles. The van der Waals surface area contributed by atoms with Gasteiger partial charge in [0.2, 0.25) is 11.8 Å². The lowest BCUT2D eigenvalue weighted by atomic mass is 9.89. The molecule has 3 N–H and O–H groups in total. The third kappa shape index (κ3) is 6.81. The van der Waals surface area contributed by atoms with Crippen molar-refractivity contribution in [2.75, 3.05) is 13.1 Å². The van der Waals surface area contributed by atoms with Crippen molar-refractivity contribution in [2.24, 2.45) is 5.73 Å². The van der Waals surface area contributed by atoms with Gasteiger partial charge in [0.25, 0.3) is 0 Å². The summed E-state index contributed by atoms with van der Waals surface area (Å²) in [5.74, 6) is 0.224. The highest BCUT2D eigenvalue weighted by Gasteiger charge is 2.34. The van der Waals surface area contributed by atoms with Crippen LogP contribution in [-0.2, 0) is 16.0 Å². The number of carbonyl (C=O) groups excluding carboxylic acids is 2. The van der Waals surface area contributed by atoms with Crippen LogP contribution in [0.3, 0.4) is 0 Å². The third-order valence-electron chi connectivity index (χ3n) is 6.19. The van der Waals surface area contributed by atoms with Gasteiger partial charge in [0.15, 0.2) is 0 Å². The molecule has 0 spiro atoms. The summed E-state index contributed by atoms with van der Waals surface area (Å²) < 4.78 is 0. The lowest BCUT2D eigenvalue weighted by Gasteiger charge is -2.35. The van der Waals surface area contributed by atoms with E-state index in [2.05, 4.69) is 29.6 Å². The van der Waals surface area contributed by atoms with Crippen LogP contribution in [0, 0.1) is 0 Å². The second kappa shape index (κ2) is 12.0. The fourth-order valence-electron chi connectivity index (χ4n) is 4.35. The first kappa shape index (κ1) is 25.9. The Morgan fingerprint density at radius 3 is 2.19 bits per heavy atom. The van der Waals surface area contributed by atoms with Crippen molar-refractivity contribution >= 4 is 24.2 Å². The first-order valence-electron chi connectivity index (χ1n) is 11.4. The third-order valence-corrected chi connectivity index (χ3v) is 6.19. The maximum atomic E-state index is 13.2. The van der Waals surface area contributed by atoms with Gasteiger partial charge in [-0.05, 0) is 49.7 Å². The molecule has 174 valence electrons. The van der Waals surface area contributed by atoms with E-state index in [0.717, 1.165) is 37.9 Å². The van der Waals surface area contributed by atoms with E-state index in [-0.39, 0.29) is 24.2 Å². The van der Waals surface area contributed by atoms with Gasteiger partial charge in [-0.3, -0.25) is 9.59 Å². The quantitative estimate of drug-likeness (QED) is 0.627. The molecule has 0 aliphatic carbocycles. The normalized spacial score (nSPS) is 17.0. The molecule has 5 nitrogen and oxygen atoms in total. The summed E-state index contributed by atoms with van der Waals surface area (Å²) in [4.78, 5) is 28.1. The zero-order valence-electron chi connectivity index (χ0n) is 19.1. The number of nitrogens with zero attached hydrogens (tertiary/aromatic N) is 1. The van der Waals surface area contributed by atoms with Crippen LogP contribution >= 0.6 is 12.4 Å². The van der Waals surface area contributed by atoms with E-state index in [1.165, 1.54) is 5.56 Å². The SMILES string of the molecule is CCCC(NC(=O)[C@](C)(N)Cc1ccccc1)C(=O)N1CCC(c2ccccc2)CC1.Cl. The highest BCUT2D eigenvalue weighted by atomic mass is 35.5. The van der Waals surface area contributed by atoms with Crippen LogP contribution in [-0.4, -0.2) is 41.4 Å². The van der Waals surface area contributed by atoms with Gasteiger partial charge in [0.05, 0.1) is 5.54 Å². The Bertz CT molecular complexity index is 850. The Hall–Kier alpha value is -2.37. The van der Waals surface area contributed by atoms with Crippen molar-refractivity contribution in [1.29, 1.82) is 0 Å². The number of hydrogen-bond acceptors (Lipinski definition) is 3. The van der Waals surface area contributed by atoms with E-state index in [0.29, 0.717) is 18.8 Å². The van der Waals surface area contributed by atoms with Gasteiger partial charge in [-0.1, -0.05) is 74.0 Å². The molecule has 1 saturated heterocycles. The van der Waals surface area contributed by atoms with E-state index in [9.17, 15) is 9.59 Å². The molecule has 1 aliphatic rings. The minimum absolute atomic E-state index is 0. The maximum Gasteiger partial charge on any atom is 0.245 e. The van der Waals surface area contributed by atoms with Crippen molar-refractivity contribution < 1.29 is 9.59 Å². The van der Waals surface area contributed by atoms with E-state index in [4.69, 9.17) is 5.73 Å². The fraction of sp³-hybridized carbons (Fsp3) is 0.462. The smallest absolute Gasteiger partial charge is 0.245 e. The summed E-state index contributed by atoms with van der Waals surface area (Å²) in [7, 11) is 0. The van der Waals surface area contributed by atoms with Gasteiger partial charge in [0.1, 0.15) is 6.04 Å². The van der Waals surface area contributed by atoms with Crippen LogP contribution in [0.5, 0.6) is 0 Å². The Morgan fingerprint density at radius 2 is 1.62 bits per heavy atom. The molecule has 1 fully saturated rings. The molecular weight excluding hydrogens is 422 g/mol. The van der Waals surface area contributed by atoms with Gasteiger partial charge in [-0.15, -0.1) is 12.4 Å². The van der Waals surface area contributed by atoms with Gasteiger partial charge in [-0.2, -0.15) is 0 Å². The minimum Gasteiger partial charge on any atom is -0.343 e. The number of piperidine rings is 1. The predicted octanol–water partition coefficient (Wildman–Crippen LogP) is 4.06. The number of likely N-dealkylation sites (tertiary alicyclic amines) is 1. The summed E-state index contributed by atoms with van der Waals surface area (Å²) in [6, 6.07) is 19.7. The molecular formula is C26H36ClN3O2. The molecule has 0 saturated carbocycles. The second-order valence-corrected chi connectivity index (χ2v) is 8.90. The highest BCUT2D eigenvalue weighted by Crippen LogP contribution is 2.28. The summed E-state index contributed by atoms with van der Waals surface area (Å²) in [6.45, 7) is 5.20. The summed E-state index contributed by atoms with van der Waals surface area (Å²) in [5, 5.41) is 2.96. The average Bonchev–Trinajstić information content (AvgIpc) is 2.79. The fourth-order valence-corrected chi connectivity index (χ4v) is 4.35. The number of nitrogens with two attached hydrogens (primary N) is 1. The molecule has 0 radical (unpaired) electrons. The zero-order chi connectivity index (χ0) is 22.3. The van der Waals surface area contributed by atoms with E-state index in [1.54, 1.807) is 6.92 Å². The van der Waals surface area contributed by atoms with Crippen LogP contribution in [0.4, 0.5) is 0 Å². The maximum absolute atomic E-state index is 13.2. The number of nitrogens with one attached hydrogen (secondary N) is 1. The van der Waals surface area contributed by atoms with E-state index < -0.39 is 11.6 Å². The largest absolute Gasteiger partial charge is 0.343 e. The molecule has 2 amide bonds. The molecule has 1 heterocycles. The highest BCUT2D eigenvalue weighted by molar-refractivity contribution is 5.92. The molecule has 32 heavy (non-hydrogen) atoms. The number of rotatable bonds is 8. The molecule has 2 aromatic rings. The minimum atomic E-state index is -1.08. The Labute approximate surface area is 198 Å². The first-order valence-corrected chi connectivity index (χ1v) is 11.4. The molecule has 1 unspecified atom stereocenters. The van der Waals surface area contributed by atoms with Crippen molar-refractivity contribution in [2.45, 2.75) is 63.5 Å². The molecule has 6 heteroatoms.